The van der Waals surface area contributed by atoms with Crippen LogP contribution in [0.15, 0.2) is 88.4 Å². The summed E-state index contributed by atoms with van der Waals surface area (Å²) in [5, 5.41) is 7.63. The molecule has 308 valence electrons. The quantitative estimate of drug-likeness (QED) is 0.178. The highest BCUT2D eigenvalue weighted by atomic mass is 16.3. The van der Waals surface area contributed by atoms with Crippen LogP contribution in [0.25, 0.3) is 28.6 Å². The zero-order valence-corrected chi connectivity index (χ0v) is 39.1. The van der Waals surface area contributed by atoms with E-state index in [9.17, 15) is 0 Å². The number of nitrogens with zero attached hydrogens (tertiary/aromatic N) is 3. The predicted octanol–water partition coefficient (Wildman–Crippen LogP) is 15.3. The number of allylic oxidation sites excluding steroid dienone is 1. The Morgan fingerprint density at radius 1 is 0.534 bits per heavy atom. The molecule has 0 amide bonds. The van der Waals surface area contributed by atoms with Crippen LogP contribution in [0.4, 0.5) is 5.69 Å². The summed E-state index contributed by atoms with van der Waals surface area (Å²) in [7, 11) is 0. The fourth-order valence-electron chi connectivity index (χ4n) is 7.56. The van der Waals surface area contributed by atoms with Crippen molar-refractivity contribution in [1.82, 2.24) is 4.98 Å². The first-order valence-corrected chi connectivity index (χ1v) is 21.4. The minimum Gasteiger partial charge on any atom is -0.436 e. The molecule has 4 aromatic carbocycles. The van der Waals surface area contributed by atoms with E-state index in [1.807, 2.05) is 0 Å². The molecule has 0 fully saturated rings. The highest BCUT2D eigenvalue weighted by molar-refractivity contribution is 6.01. The lowest BCUT2D eigenvalue weighted by molar-refractivity contribution is 0.563. The molecule has 0 spiro atoms. The molecule has 0 bridgehead atoms. The summed E-state index contributed by atoms with van der Waals surface area (Å²) in [5.74, 6) is 0.642. The van der Waals surface area contributed by atoms with E-state index < -0.39 is 0 Å². The molecule has 0 aliphatic carbocycles. The molecule has 2 heterocycles. The Morgan fingerprint density at radius 3 is 1.47 bits per heavy atom. The molecule has 0 saturated heterocycles. The Morgan fingerprint density at radius 2 is 1.00 bits per heavy atom. The third-order valence-electron chi connectivity index (χ3n) is 11.7. The normalized spacial score (nSPS) is 16.2. The maximum Gasteiger partial charge on any atom is 0.227 e. The highest BCUT2D eigenvalue weighted by Gasteiger charge is 2.32. The van der Waals surface area contributed by atoms with Crippen molar-refractivity contribution in [3.8, 4) is 11.5 Å². The molecule has 1 atom stereocenters. The molecule has 1 aliphatic rings. The maximum absolute atomic E-state index is 6.56. The summed E-state index contributed by atoms with van der Waals surface area (Å²) >= 11 is 0. The molecule has 1 aromatic heterocycles. The molecule has 4 heteroatoms. The van der Waals surface area contributed by atoms with Crippen LogP contribution in [-0.4, -0.2) is 10.7 Å². The van der Waals surface area contributed by atoms with Crippen LogP contribution < -0.4 is 5.01 Å². The van der Waals surface area contributed by atoms with Gasteiger partial charge >= 0.3 is 0 Å². The first kappa shape index (κ1) is 43.1. The van der Waals surface area contributed by atoms with Crippen molar-refractivity contribution in [3.63, 3.8) is 0 Å². The van der Waals surface area contributed by atoms with Gasteiger partial charge in [-0.3, -0.25) is 5.01 Å². The predicted molar refractivity (Wildman–Crippen MR) is 251 cm³/mol. The Labute approximate surface area is 351 Å². The second-order valence-corrected chi connectivity index (χ2v) is 23.1. The van der Waals surface area contributed by atoms with E-state index >= 15 is 0 Å². The third kappa shape index (κ3) is 9.38. The lowest BCUT2D eigenvalue weighted by Crippen LogP contribution is -2.22. The molecule has 0 N–H and O–H groups in total. The largest absolute Gasteiger partial charge is 0.436 e. The van der Waals surface area contributed by atoms with Gasteiger partial charge in [0.15, 0.2) is 5.58 Å². The average Bonchev–Trinajstić information content (AvgIpc) is 3.73. The standard InChI is InChI=1S/C54H71N3O/c1-49(2,3)37-25-34(26-38(29-37)50(4,5)6)19-22-42-33-45(36-27-39(51(7,8)9)30-40(28-36)52(10,11)12)57(56-42)43-23-20-35(21-24-43)48-55-47-44(54(16,17)18)31-41(53(13,14)15)32-46(47)58-48/h19-32,45H,33H2,1-18H3. The number of hydrogen-bond donors (Lipinski definition) is 0. The van der Waals surface area contributed by atoms with Crippen molar-refractivity contribution < 1.29 is 4.42 Å². The van der Waals surface area contributed by atoms with Gasteiger partial charge in [-0.05, 0) is 113 Å². The highest BCUT2D eigenvalue weighted by Crippen LogP contribution is 2.42. The molecular formula is C54H71N3O. The Kier molecular flexibility index (Phi) is 10.9. The Balaban J connectivity index is 1.44. The van der Waals surface area contributed by atoms with Crippen molar-refractivity contribution in [2.75, 3.05) is 5.01 Å². The van der Waals surface area contributed by atoms with Crippen molar-refractivity contribution in [3.05, 3.63) is 123 Å². The lowest BCUT2D eigenvalue weighted by Gasteiger charge is -2.30. The van der Waals surface area contributed by atoms with E-state index in [2.05, 4.69) is 215 Å². The van der Waals surface area contributed by atoms with E-state index in [0.29, 0.717) is 5.89 Å². The van der Waals surface area contributed by atoms with Gasteiger partial charge in [-0.1, -0.05) is 173 Å². The maximum atomic E-state index is 6.56. The number of fused-ring (bicyclic) bond motifs is 1. The Hall–Kier alpha value is -4.44. The van der Waals surface area contributed by atoms with E-state index in [4.69, 9.17) is 14.5 Å². The van der Waals surface area contributed by atoms with Crippen LogP contribution >= 0.6 is 0 Å². The van der Waals surface area contributed by atoms with Crippen LogP contribution in [0, 0.1) is 0 Å². The molecule has 5 aromatic rings. The fourth-order valence-corrected chi connectivity index (χ4v) is 7.56. The van der Waals surface area contributed by atoms with Gasteiger partial charge in [0, 0.05) is 12.0 Å². The summed E-state index contributed by atoms with van der Waals surface area (Å²) in [6, 6.07) is 27.5. The summed E-state index contributed by atoms with van der Waals surface area (Å²) in [5.41, 5.74) is 15.3. The van der Waals surface area contributed by atoms with Crippen LogP contribution in [0.1, 0.15) is 182 Å². The minimum absolute atomic E-state index is 0.00447. The van der Waals surface area contributed by atoms with Crippen molar-refractivity contribution in [2.45, 2.75) is 170 Å². The van der Waals surface area contributed by atoms with Crippen LogP contribution in [0.5, 0.6) is 0 Å². The molecule has 1 aliphatic heterocycles. The third-order valence-corrected chi connectivity index (χ3v) is 11.7. The number of rotatable bonds is 5. The average molecular weight is 778 g/mol. The van der Waals surface area contributed by atoms with Gasteiger partial charge in [0.05, 0.1) is 17.4 Å². The number of hydrazone groups is 1. The number of hydrogen-bond acceptors (Lipinski definition) is 4. The topological polar surface area (TPSA) is 41.6 Å². The first-order chi connectivity index (χ1) is 26.5. The zero-order valence-electron chi connectivity index (χ0n) is 39.1. The SMILES string of the molecule is CC(C)(C)c1cc(C=CC2=NN(c3ccc(-c4nc5c(C(C)(C)C)cc(C(C)(C)C)cc5o4)cc3)C(c3cc(C(C)(C)C)cc(C(C)(C)C)c3)C2)cc(C(C)(C)C)c1. The van der Waals surface area contributed by atoms with Crippen LogP contribution in [0.2, 0.25) is 0 Å². The number of oxazole rings is 1. The summed E-state index contributed by atoms with van der Waals surface area (Å²) in [6.45, 7) is 41.2. The fraction of sp³-hybridized carbons (Fsp3) is 0.481. The van der Waals surface area contributed by atoms with Gasteiger partial charge in [0.2, 0.25) is 5.89 Å². The van der Waals surface area contributed by atoms with E-state index in [0.717, 1.165) is 34.5 Å². The molecule has 6 rings (SSSR count). The van der Waals surface area contributed by atoms with Crippen molar-refractivity contribution in [1.29, 1.82) is 0 Å². The van der Waals surface area contributed by atoms with Crippen LogP contribution in [-0.2, 0) is 32.5 Å². The number of aromatic nitrogens is 1. The van der Waals surface area contributed by atoms with E-state index in [1.165, 1.54) is 44.5 Å². The zero-order chi connectivity index (χ0) is 43.0. The van der Waals surface area contributed by atoms with Gasteiger partial charge in [0.1, 0.15) is 5.52 Å². The van der Waals surface area contributed by atoms with Gasteiger partial charge in [0.25, 0.3) is 0 Å². The lowest BCUT2D eigenvalue weighted by atomic mass is 9.78. The summed E-state index contributed by atoms with van der Waals surface area (Å²) in [4.78, 5) is 5.12. The van der Waals surface area contributed by atoms with Gasteiger partial charge in [-0.15, -0.1) is 0 Å². The Bertz CT molecular complexity index is 2300. The monoisotopic (exact) mass is 778 g/mol. The van der Waals surface area contributed by atoms with Crippen LogP contribution in [0.3, 0.4) is 0 Å². The van der Waals surface area contributed by atoms with Gasteiger partial charge in [-0.25, -0.2) is 4.98 Å². The molecule has 0 saturated carbocycles. The van der Waals surface area contributed by atoms with Crippen molar-refractivity contribution >= 4 is 28.6 Å². The molecule has 0 radical (unpaired) electrons. The second-order valence-electron chi connectivity index (χ2n) is 23.1. The summed E-state index contributed by atoms with van der Waals surface area (Å²) < 4.78 is 6.56. The van der Waals surface area contributed by atoms with Gasteiger partial charge in [-0.2, -0.15) is 5.10 Å². The molecule has 58 heavy (non-hydrogen) atoms. The smallest absolute Gasteiger partial charge is 0.227 e. The summed E-state index contributed by atoms with van der Waals surface area (Å²) in [6.07, 6.45) is 5.31. The second kappa shape index (κ2) is 14.7. The molecule has 4 nitrogen and oxygen atoms in total. The van der Waals surface area contributed by atoms with Crippen molar-refractivity contribution in [2.24, 2.45) is 5.10 Å². The van der Waals surface area contributed by atoms with Gasteiger partial charge < -0.3 is 4.42 Å². The number of benzene rings is 4. The first-order valence-electron chi connectivity index (χ1n) is 21.4. The van der Waals surface area contributed by atoms with E-state index in [-0.39, 0.29) is 38.5 Å². The minimum atomic E-state index is -0.0755. The molecular weight excluding hydrogens is 707 g/mol. The number of anilines is 1. The molecule has 1 unspecified atom stereocenters. The van der Waals surface area contributed by atoms with E-state index in [1.54, 1.807) is 0 Å².